The number of nitrogens with zero attached hydrogens (tertiary/aromatic N) is 1. The first-order chi connectivity index (χ1) is 6.11. The Morgan fingerprint density at radius 2 is 2.31 bits per heavy atom. The van der Waals surface area contributed by atoms with Crippen molar-refractivity contribution in [2.75, 3.05) is 13.6 Å². The summed E-state index contributed by atoms with van der Waals surface area (Å²) in [5.41, 5.74) is 0.462. The fourth-order valence-corrected chi connectivity index (χ4v) is 0.952. The predicted octanol–water partition coefficient (Wildman–Crippen LogP) is 0.171. The average molecular weight is 182 g/mol. The first-order valence-electron chi connectivity index (χ1n) is 3.71. The molecule has 5 heteroatoms. The van der Waals surface area contributed by atoms with Gasteiger partial charge in [0.25, 0.3) is 5.91 Å². The smallest absolute Gasteiger partial charge is 0.323 e. The molecule has 2 N–H and O–H groups in total. The van der Waals surface area contributed by atoms with Gasteiger partial charge in [-0.05, 0) is 6.07 Å². The van der Waals surface area contributed by atoms with Gasteiger partial charge in [0.15, 0.2) is 0 Å². The highest BCUT2D eigenvalue weighted by Crippen LogP contribution is 2.00. The highest BCUT2D eigenvalue weighted by Gasteiger charge is 2.13. The molecule has 0 fully saturated rings. The number of likely N-dealkylation sites (N-methyl/N-ethyl adjacent to an activating group) is 1. The topological polar surface area (TPSA) is 73.4 Å². The molecule has 0 saturated heterocycles. The first-order valence-corrected chi connectivity index (χ1v) is 3.71. The minimum atomic E-state index is -1.02. The third-order valence-corrected chi connectivity index (χ3v) is 1.56. The summed E-state index contributed by atoms with van der Waals surface area (Å²) in [4.78, 5) is 25.5. The standard InChI is InChI=1S/C8H10N2O3/c1-10(5-7(11)12)8(13)6-2-3-9-4-6/h2-4,9H,5H2,1H3,(H,11,12). The fourth-order valence-electron chi connectivity index (χ4n) is 0.952. The summed E-state index contributed by atoms with van der Waals surface area (Å²) in [5.74, 6) is -1.32. The van der Waals surface area contributed by atoms with E-state index in [1.54, 1.807) is 12.3 Å². The Labute approximate surface area is 75.0 Å². The van der Waals surface area contributed by atoms with Gasteiger partial charge in [0.2, 0.25) is 0 Å². The Bertz CT molecular complexity index is 305. The summed E-state index contributed by atoms with van der Waals surface area (Å²) in [6.45, 7) is -0.288. The quantitative estimate of drug-likeness (QED) is 0.699. The molecule has 1 aromatic heterocycles. The molecule has 0 spiro atoms. The number of aromatic nitrogens is 1. The number of hydrogen-bond donors (Lipinski definition) is 2. The van der Waals surface area contributed by atoms with Crippen LogP contribution in [0.2, 0.25) is 0 Å². The minimum Gasteiger partial charge on any atom is -0.480 e. The van der Waals surface area contributed by atoms with Gasteiger partial charge in [0, 0.05) is 19.4 Å². The second-order valence-electron chi connectivity index (χ2n) is 2.65. The molecular formula is C8H10N2O3. The van der Waals surface area contributed by atoms with Crippen molar-refractivity contribution in [1.82, 2.24) is 9.88 Å². The number of hydrogen-bond acceptors (Lipinski definition) is 2. The zero-order chi connectivity index (χ0) is 9.84. The largest absolute Gasteiger partial charge is 0.480 e. The number of carboxylic acid groups (broad SMARTS) is 1. The van der Waals surface area contributed by atoms with Gasteiger partial charge >= 0.3 is 5.97 Å². The van der Waals surface area contributed by atoms with Crippen molar-refractivity contribution >= 4 is 11.9 Å². The number of aliphatic carboxylic acids is 1. The van der Waals surface area contributed by atoms with E-state index in [9.17, 15) is 9.59 Å². The van der Waals surface area contributed by atoms with Crippen LogP contribution >= 0.6 is 0 Å². The third kappa shape index (κ3) is 2.33. The Balaban J connectivity index is 2.63. The second-order valence-corrected chi connectivity index (χ2v) is 2.65. The van der Waals surface area contributed by atoms with Crippen molar-refractivity contribution in [3.8, 4) is 0 Å². The van der Waals surface area contributed by atoms with Gasteiger partial charge in [0.1, 0.15) is 6.54 Å². The minimum absolute atomic E-state index is 0.288. The number of carboxylic acids is 1. The summed E-state index contributed by atoms with van der Waals surface area (Å²) in [6.07, 6.45) is 3.14. The lowest BCUT2D eigenvalue weighted by Gasteiger charge is -2.12. The molecule has 1 heterocycles. The number of H-pyrrole nitrogens is 1. The molecule has 1 amide bonds. The molecule has 0 aromatic carbocycles. The SMILES string of the molecule is CN(CC(=O)O)C(=O)c1cc[nH]c1. The normalized spacial score (nSPS) is 9.62. The molecule has 1 rings (SSSR count). The van der Waals surface area contributed by atoms with Gasteiger partial charge < -0.3 is 15.0 Å². The number of carbonyl (C=O) groups excluding carboxylic acids is 1. The van der Waals surface area contributed by atoms with E-state index in [4.69, 9.17) is 5.11 Å². The molecule has 0 unspecified atom stereocenters. The highest BCUT2D eigenvalue weighted by atomic mass is 16.4. The van der Waals surface area contributed by atoms with Crippen LogP contribution in [0.3, 0.4) is 0 Å². The van der Waals surface area contributed by atoms with Gasteiger partial charge in [-0.15, -0.1) is 0 Å². The Morgan fingerprint density at radius 1 is 1.62 bits per heavy atom. The van der Waals surface area contributed by atoms with E-state index >= 15 is 0 Å². The number of amides is 1. The van der Waals surface area contributed by atoms with Crippen LogP contribution in [0, 0.1) is 0 Å². The maximum atomic E-state index is 11.4. The molecule has 13 heavy (non-hydrogen) atoms. The van der Waals surface area contributed by atoms with Crippen LogP contribution in [-0.4, -0.2) is 40.5 Å². The van der Waals surface area contributed by atoms with Crippen LogP contribution in [-0.2, 0) is 4.79 Å². The van der Waals surface area contributed by atoms with Crippen molar-refractivity contribution in [1.29, 1.82) is 0 Å². The zero-order valence-corrected chi connectivity index (χ0v) is 7.15. The molecule has 0 atom stereocenters. The Hall–Kier alpha value is -1.78. The van der Waals surface area contributed by atoms with E-state index in [1.165, 1.54) is 13.2 Å². The maximum Gasteiger partial charge on any atom is 0.323 e. The van der Waals surface area contributed by atoms with Crippen molar-refractivity contribution in [2.45, 2.75) is 0 Å². The number of carbonyl (C=O) groups is 2. The molecule has 0 radical (unpaired) electrons. The Morgan fingerprint density at radius 3 is 2.77 bits per heavy atom. The summed E-state index contributed by atoms with van der Waals surface area (Å²) in [6, 6.07) is 1.60. The monoisotopic (exact) mass is 182 g/mol. The summed E-state index contributed by atoms with van der Waals surface area (Å²) in [7, 11) is 1.45. The second kappa shape index (κ2) is 3.75. The van der Waals surface area contributed by atoms with E-state index in [0.29, 0.717) is 5.56 Å². The highest BCUT2D eigenvalue weighted by molar-refractivity contribution is 5.95. The number of rotatable bonds is 3. The molecule has 5 nitrogen and oxygen atoms in total. The lowest BCUT2D eigenvalue weighted by Crippen LogP contribution is -2.31. The molecule has 0 aliphatic carbocycles. The lowest BCUT2D eigenvalue weighted by atomic mass is 10.3. The van der Waals surface area contributed by atoms with E-state index in [0.717, 1.165) is 4.90 Å². The number of aromatic amines is 1. The van der Waals surface area contributed by atoms with Gasteiger partial charge in [-0.25, -0.2) is 0 Å². The molecule has 0 bridgehead atoms. The fraction of sp³-hybridized carbons (Fsp3) is 0.250. The van der Waals surface area contributed by atoms with Crippen LogP contribution in [0.5, 0.6) is 0 Å². The molecule has 0 aliphatic heterocycles. The summed E-state index contributed by atoms with van der Waals surface area (Å²) >= 11 is 0. The van der Waals surface area contributed by atoms with Crippen LogP contribution in [0.4, 0.5) is 0 Å². The van der Waals surface area contributed by atoms with Crippen molar-refractivity contribution in [3.63, 3.8) is 0 Å². The van der Waals surface area contributed by atoms with E-state index in [-0.39, 0.29) is 12.5 Å². The molecule has 0 saturated carbocycles. The van der Waals surface area contributed by atoms with Crippen molar-refractivity contribution < 1.29 is 14.7 Å². The van der Waals surface area contributed by atoms with Crippen molar-refractivity contribution in [3.05, 3.63) is 24.0 Å². The molecular weight excluding hydrogens is 172 g/mol. The average Bonchev–Trinajstić information content (AvgIpc) is 2.53. The van der Waals surface area contributed by atoms with Crippen LogP contribution < -0.4 is 0 Å². The third-order valence-electron chi connectivity index (χ3n) is 1.56. The lowest BCUT2D eigenvalue weighted by molar-refractivity contribution is -0.137. The van der Waals surface area contributed by atoms with Gasteiger partial charge in [-0.3, -0.25) is 9.59 Å². The Kier molecular flexibility index (Phi) is 2.69. The van der Waals surface area contributed by atoms with Crippen LogP contribution in [0.25, 0.3) is 0 Å². The van der Waals surface area contributed by atoms with Crippen molar-refractivity contribution in [2.24, 2.45) is 0 Å². The molecule has 1 aromatic rings. The van der Waals surface area contributed by atoms with Crippen LogP contribution in [0.15, 0.2) is 18.5 Å². The van der Waals surface area contributed by atoms with Gasteiger partial charge in [0.05, 0.1) is 5.56 Å². The molecule has 70 valence electrons. The van der Waals surface area contributed by atoms with Gasteiger partial charge in [-0.2, -0.15) is 0 Å². The molecule has 0 aliphatic rings. The van der Waals surface area contributed by atoms with Crippen LogP contribution in [0.1, 0.15) is 10.4 Å². The van der Waals surface area contributed by atoms with Gasteiger partial charge in [-0.1, -0.05) is 0 Å². The number of nitrogens with one attached hydrogen (secondary N) is 1. The van der Waals surface area contributed by atoms with E-state index in [1.807, 2.05) is 0 Å². The summed E-state index contributed by atoms with van der Waals surface area (Å²) < 4.78 is 0. The van der Waals surface area contributed by atoms with E-state index in [2.05, 4.69) is 4.98 Å². The van der Waals surface area contributed by atoms with E-state index < -0.39 is 5.97 Å². The zero-order valence-electron chi connectivity index (χ0n) is 7.15. The summed E-state index contributed by atoms with van der Waals surface area (Å²) in [5, 5.41) is 8.43. The maximum absolute atomic E-state index is 11.4. The predicted molar refractivity (Wildman–Crippen MR) is 45.4 cm³/mol. The first kappa shape index (κ1) is 9.31.